The molecule has 2 aromatic rings. The van der Waals surface area contributed by atoms with Crippen LogP contribution in [0.25, 0.3) is 11.0 Å². The van der Waals surface area contributed by atoms with Crippen molar-refractivity contribution in [2.45, 2.75) is 25.3 Å². The maximum atomic E-state index is 11.3. The Bertz CT molecular complexity index is 661. The zero-order valence-corrected chi connectivity index (χ0v) is 11.7. The van der Waals surface area contributed by atoms with E-state index in [1.165, 1.54) is 0 Å². The average Bonchev–Trinajstić information content (AvgIpc) is 3.25. The molecule has 0 amide bonds. The molecule has 0 atom stereocenters. The van der Waals surface area contributed by atoms with Gasteiger partial charge in [-0.3, -0.25) is 0 Å². The minimum atomic E-state index is -0.955. The van der Waals surface area contributed by atoms with Crippen LogP contribution in [-0.2, 0) is 11.3 Å². The summed E-state index contributed by atoms with van der Waals surface area (Å²) in [5.41, 5.74) is 1.63. The molecule has 0 bridgehead atoms. The third-order valence-electron chi connectivity index (χ3n) is 3.68. The van der Waals surface area contributed by atoms with Crippen LogP contribution in [0.2, 0.25) is 0 Å². The van der Waals surface area contributed by atoms with Crippen molar-refractivity contribution in [2.24, 2.45) is 0 Å². The first-order valence-corrected chi connectivity index (χ1v) is 7.13. The van der Waals surface area contributed by atoms with E-state index >= 15 is 0 Å². The molecule has 1 fully saturated rings. The van der Waals surface area contributed by atoms with E-state index in [4.69, 9.17) is 9.84 Å². The van der Waals surface area contributed by atoms with Crippen LogP contribution >= 0.6 is 0 Å². The highest BCUT2D eigenvalue weighted by Crippen LogP contribution is 2.41. The Morgan fingerprint density at radius 2 is 2.19 bits per heavy atom. The van der Waals surface area contributed by atoms with E-state index in [2.05, 4.69) is 9.55 Å². The highest BCUT2D eigenvalue weighted by atomic mass is 16.5. The zero-order valence-electron chi connectivity index (χ0n) is 11.7. The number of fused-ring (bicyclic) bond motifs is 1. The number of aliphatic hydroxyl groups excluding tert-OH is 1. The van der Waals surface area contributed by atoms with Gasteiger partial charge in [-0.1, -0.05) is 6.07 Å². The lowest BCUT2D eigenvalue weighted by atomic mass is 10.2. The van der Waals surface area contributed by atoms with Gasteiger partial charge in [0, 0.05) is 12.5 Å². The predicted molar refractivity (Wildman–Crippen MR) is 76.6 cm³/mol. The maximum absolute atomic E-state index is 11.3. The van der Waals surface area contributed by atoms with Crippen LogP contribution in [0.4, 0.5) is 0 Å². The van der Waals surface area contributed by atoms with E-state index in [1.807, 2.05) is 6.07 Å². The average molecular weight is 290 g/mol. The van der Waals surface area contributed by atoms with Crippen LogP contribution in [0.15, 0.2) is 18.2 Å². The van der Waals surface area contributed by atoms with Gasteiger partial charge in [-0.05, 0) is 25.0 Å². The standard InChI is InChI=1S/C15H18N2O4/c18-7-9-21-8-6-17-12-3-1-2-11(15(19)20)13(12)16-14(17)10-4-5-10/h1-3,10,18H,4-9H2,(H,19,20). The molecule has 1 aromatic heterocycles. The van der Waals surface area contributed by atoms with E-state index in [9.17, 15) is 9.90 Å². The molecule has 3 rings (SSSR count). The first kappa shape index (κ1) is 14.0. The lowest BCUT2D eigenvalue weighted by Crippen LogP contribution is -2.10. The molecular formula is C15H18N2O4. The minimum Gasteiger partial charge on any atom is -0.478 e. The minimum absolute atomic E-state index is 0.00329. The predicted octanol–water partition coefficient (Wildman–Crippen LogP) is 1.62. The summed E-state index contributed by atoms with van der Waals surface area (Å²) in [6, 6.07) is 5.23. The molecule has 0 radical (unpaired) electrons. The van der Waals surface area contributed by atoms with Crippen molar-refractivity contribution < 1.29 is 19.7 Å². The normalized spacial score (nSPS) is 14.7. The number of imidazole rings is 1. The topological polar surface area (TPSA) is 84.6 Å². The lowest BCUT2D eigenvalue weighted by Gasteiger charge is -2.09. The molecule has 6 heteroatoms. The molecule has 2 N–H and O–H groups in total. The number of nitrogens with zero attached hydrogens (tertiary/aromatic N) is 2. The van der Waals surface area contributed by atoms with Gasteiger partial charge in [0.05, 0.1) is 30.9 Å². The summed E-state index contributed by atoms with van der Waals surface area (Å²) in [6.45, 7) is 1.41. The van der Waals surface area contributed by atoms with E-state index in [-0.39, 0.29) is 12.2 Å². The highest BCUT2D eigenvalue weighted by Gasteiger charge is 2.30. The fraction of sp³-hybridized carbons (Fsp3) is 0.467. The number of hydrogen-bond acceptors (Lipinski definition) is 4. The molecule has 1 aliphatic rings. The van der Waals surface area contributed by atoms with Crippen molar-refractivity contribution in [1.29, 1.82) is 0 Å². The van der Waals surface area contributed by atoms with Gasteiger partial charge in [0.25, 0.3) is 0 Å². The fourth-order valence-corrected chi connectivity index (χ4v) is 2.55. The lowest BCUT2D eigenvalue weighted by molar-refractivity contribution is 0.0699. The van der Waals surface area contributed by atoms with Crippen LogP contribution < -0.4 is 0 Å². The number of aromatic nitrogens is 2. The van der Waals surface area contributed by atoms with Gasteiger partial charge in [-0.15, -0.1) is 0 Å². The Morgan fingerprint density at radius 3 is 2.86 bits per heavy atom. The van der Waals surface area contributed by atoms with Crippen LogP contribution in [0.3, 0.4) is 0 Å². The third-order valence-corrected chi connectivity index (χ3v) is 3.68. The summed E-state index contributed by atoms with van der Waals surface area (Å²) in [4.78, 5) is 15.9. The monoisotopic (exact) mass is 290 g/mol. The van der Waals surface area contributed by atoms with Gasteiger partial charge >= 0.3 is 5.97 Å². The molecule has 0 saturated heterocycles. The quantitative estimate of drug-likeness (QED) is 0.757. The number of carbonyl (C=O) groups is 1. The van der Waals surface area contributed by atoms with Crippen molar-refractivity contribution in [3.05, 3.63) is 29.6 Å². The molecule has 21 heavy (non-hydrogen) atoms. The SMILES string of the molecule is O=C(O)c1cccc2c1nc(C1CC1)n2CCOCCO. The molecule has 112 valence electrons. The van der Waals surface area contributed by atoms with Crippen molar-refractivity contribution in [1.82, 2.24) is 9.55 Å². The first-order chi connectivity index (χ1) is 10.2. The Hall–Kier alpha value is -1.92. The molecule has 1 aliphatic carbocycles. The van der Waals surface area contributed by atoms with Gasteiger partial charge in [0.1, 0.15) is 11.3 Å². The Labute approximate surface area is 122 Å². The number of ether oxygens (including phenoxy) is 1. The van der Waals surface area contributed by atoms with Crippen molar-refractivity contribution in [2.75, 3.05) is 19.8 Å². The summed E-state index contributed by atoms with van der Waals surface area (Å²) in [7, 11) is 0. The summed E-state index contributed by atoms with van der Waals surface area (Å²) in [5, 5.41) is 18.0. The van der Waals surface area contributed by atoms with E-state index in [0.29, 0.717) is 31.2 Å². The molecule has 1 saturated carbocycles. The molecule has 0 aliphatic heterocycles. The Balaban J connectivity index is 1.97. The number of para-hydroxylation sites is 1. The number of aliphatic hydroxyl groups is 1. The maximum Gasteiger partial charge on any atom is 0.337 e. The second kappa shape index (κ2) is 5.83. The second-order valence-corrected chi connectivity index (χ2v) is 5.21. The van der Waals surface area contributed by atoms with Crippen molar-refractivity contribution in [3.63, 3.8) is 0 Å². The van der Waals surface area contributed by atoms with E-state index in [0.717, 1.165) is 24.2 Å². The summed E-state index contributed by atoms with van der Waals surface area (Å²) in [5.74, 6) is 0.423. The molecule has 1 aromatic carbocycles. The van der Waals surface area contributed by atoms with Crippen LogP contribution in [0, 0.1) is 0 Å². The molecule has 1 heterocycles. The summed E-state index contributed by atoms with van der Waals surface area (Å²) >= 11 is 0. The van der Waals surface area contributed by atoms with E-state index < -0.39 is 5.97 Å². The summed E-state index contributed by atoms with van der Waals surface area (Å²) in [6.07, 6.45) is 2.20. The molecule has 0 spiro atoms. The fourth-order valence-electron chi connectivity index (χ4n) is 2.55. The van der Waals surface area contributed by atoms with Crippen LogP contribution in [0.5, 0.6) is 0 Å². The zero-order chi connectivity index (χ0) is 14.8. The Morgan fingerprint density at radius 1 is 1.38 bits per heavy atom. The number of carboxylic acids is 1. The molecular weight excluding hydrogens is 272 g/mol. The molecule has 0 unspecified atom stereocenters. The summed E-state index contributed by atoms with van der Waals surface area (Å²) < 4.78 is 7.38. The van der Waals surface area contributed by atoms with Gasteiger partial charge in [-0.2, -0.15) is 0 Å². The largest absolute Gasteiger partial charge is 0.478 e. The Kier molecular flexibility index (Phi) is 3.90. The van der Waals surface area contributed by atoms with Crippen molar-refractivity contribution in [3.8, 4) is 0 Å². The smallest absolute Gasteiger partial charge is 0.337 e. The van der Waals surface area contributed by atoms with Gasteiger partial charge in [-0.25, -0.2) is 9.78 Å². The van der Waals surface area contributed by atoms with Gasteiger partial charge in [0.15, 0.2) is 0 Å². The van der Waals surface area contributed by atoms with Crippen LogP contribution in [-0.4, -0.2) is 45.6 Å². The first-order valence-electron chi connectivity index (χ1n) is 7.13. The highest BCUT2D eigenvalue weighted by molar-refractivity contribution is 6.01. The number of benzene rings is 1. The van der Waals surface area contributed by atoms with Crippen LogP contribution in [0.1, 0.15) is 34.9 Å². The van der Waals surface area contributed by atoms with E-state index in [1.54, 1.807) is 12.1 Å². The molecule has 6 nitrogen and oxygen atoms in total. The third kappa shape index (κ3) is 2.77. The van der Waals surface area contributed by atoms with Gasteiger partial charge in [0.2, 0.25) is 0 Å². The number of aromatic carboxylic acids is 1. The number of carboxylic acid groups (broad SMARTS) is 1. The number of hydrogen-bond donors (Lipinski definition) is 2. The number of rotatable bonds is 7. The van der Waals surface area contributed by atoms with Crippen molar-refractivity contribution >= 4 is 17.0 Å². The second-order valence-electron chi connectivity index (χ2n) is 5.21. The van der Waals surface area contributed by atoms with Gasteiger partial charge < -0.3 is 19.5 Å².